The van der Waals surface area contributed by atoms with Gasteiger partial charge in [-0.05, 0) is 70.4 Å². The van der Waals surface area contributed by atoms with Crippen molar-refractivity contribution in [3.63, 3.8) is 0 Å². The highest BCUT2D eigenvalue weighted by Crippen LogP contribution is 2.52. The van der Waals surface area contributed by atoms with Crippen molar-refractivity contribution in [3.8, 4) is 5.75 Å². The minimum Gasteiger partial charge on any atom is -0.484 e. The molecule has 1 heterocycles. The number of carbonyl (C=O) groups excluding carboxylic acids is 2. The molecule has 5 aliphatic rings. The average molecular weight is 464 g/mol. The van der Waals surface area contributed by atoms with Gasteiger partial charge in [0.15, 0.2) is 6.61 Å². The Labute approximate surface area is 193 Å². The molecule has 1 aromatic rings. The fourth-order valence-electron chi connectivity index (χ4n) is 6.31. The van der Waals surface area contributed by atoms with Gasteiger partial charge in [-0.25, -0.2) is 4.39 Å². The number of likely N-dealkylation sites (tertiary alicyclic amines) is 1. The largest absolute Gasteiger partial charge is 0.484 e. The number of ether oxygens (including phenoxy) is 1. The third-order valence-corrected chi connectivity index (χ3v) is 8.25. The summed E-state index contributed by atoms with van der Waals surface area (Å²) in [4.78, 5) is 28.0. The second-order valence-corrected chi connectivity index (χ2v) is 10.7. The molecule has 2 N–H and O–H groups in total. The Morgan fingerprint density at radius 1 is 1.25 bits per heavy atom. The van der Waals surface area contributed by atoms with Gasteiger partial charge in [0.2, 0.25) is 5.91 Å². The molecular weight excluding hydrogens is 433 g/mol. The first-order valence-corrected chi connectivity index (χ1v) is 12.1. The summed E-state index contributed by atoms with van der Waals surface area (Å²) in [5.74, 6) is 0.0476. The van der Waals surface area contributed by atoms with Crippen LogP contribution in [-0.4, -0.2) is 53.0 Å². The van der Waals surface area contributed by atoms with Crippen LogP contribution in [0.4, 0.5) is 4.39 Å². The van der Waals surface area contributed by atoms with Crippen molar-refractivity contribution in [3.05, 3.63) is 29.0 Å². The van der Waals surface area contributed by atoms with Gasteiger partial charge in [-0.3, -0.25) is 14.5 Å². The van der Waals surface area contributed by atoms with Crippen LogP contribution in [0.5, 0.6) is 5.75 Å². The normalized spacial score (nSPS) is 35.9. The molecule has 0 spiro atoms. The zero-order chi connectivity index (χ0) is 22.6. The van der Waals surface area contributed by atoms with Crippen molar-refractivity contribution < 1.29 is 18.7 Å². The number of benzene rings is 1. The van der Waals surface area contributed by atoms with Gasteiger partial charge < -0.3 is 15.4 Å². The number of rotatable bonds is 7. The molecular formula is C24H31ClFN3O3. The van der Waals surface area contributed by atoms with E-state index >= 15 is 0 Å². The van der Waals surface area contributed by atoms with E-state index in [-0.39, 0.29) is 52.7 Å². The summed E-state index contributed by atoms with van der Waals surface area (Å²) in [5.41, 5.74) is -0.185. The van der Waals surface area contributed by atoms with Crippen LogP contribution in [0.25, 0.3) is 0 Å². The maximum Gasteiger partial charge on any atom is 0.258 e. The number of nitrogens with one attached hydrogen (secondary N) is 2. The summed E-state index contributed by atoms with van der Waals surface area (Å²) in [5, 5.41) is 6.42. The van der Waals surface area contributed by atoms with Gasteiger partial charge in [0, 0.05) is 35.8 Å². The Morgan fingerprint density at radius 3 is 2.69 bits per heavy atom. The number of nitrogens with zero attached hydrogens (tertiary/aromatic N) is 1. The van der Waals surface area contributed by atoms with E-state index < -0.39 is 5.82 Å². The predicted octanol–water partition coefficient (Wildman–Crippen LogP) is 3.27. The first-order valence-electron chi connectivity index (χ1n) is 11.7. The van der Waals surface area contributed by atoms with Crippen LogP contribution in [0.2, 0.25) is 5.02 Å². The molecule has 1 aromatic carbocycles. The third-order valence-electron chi connectivity index (χ3n) is 7.94. The lowest BCUT2D eigenvalue weighted by molar-refractivity contribution is -0.128. The Bertz CT molecular complexity index is 918. The van der Waals surface area contributed by atoms with E-state index in [1.165, 1.54) is 31.0 Å². The number of fused-ring (bicyclic) bond motifs is 1. The van der Waals surface area contributed by atoms with Crippen LogP contribution in [0.3, 0.4) is 0 Å². The molecule has 5 fully saturated rings. The molecule has 174 valence electrons. The van der Waals surface area contributed by atoms with Crippen LogP contribution in [0, 0.1) is 17.7 Å². The van der Waals surface area contributed by atoms with Gasteiger partial charge in [0.25, 0.3) is 5.91 Å². The van der Waals surface area contributed by atoms with Crippen LogP contribution in [0.15, 0.2) is 18.2 Å². The standard InChI is InChI=1S/C24H31ClFN3O3/c1-13-7-18(14(2)29(13)16-3-4-16)23(31)28-24-9-15(10-24)21(11-24)27-22(30)12-32-17-5-6-19(25)20(26)8-17/h5-6,8,13-16,18,21H,3-4,7,9-12H2,1-2H3,(H,27,30)(H,28,31)/t13?,14?,15?,18?,21-,24?/m0/s1. The molecule has 0 aromatic heterocycles. The monoisotopic (exact) mass is 463 g/mol. The Morgan fingerprint density at radius 2 is 2.00 bits per heavy atom. The first kappa shape index (κ1) is 22.0. The van der Waals surface area contributed by atoms with E-state index in [1.807, 2.05) is 0 Å². The summed E-state index contributed by atoms with van der Waals surface area (Å²) >= 11 is 5.66. The van der Waals surface area contributed by atoms with E-state index in [9.17, 15) is 14.0 Å². The van der Waals surface area contributed by atoms with E-state index in [2.05, 4.69) is 29.4 Å². The molecule has 4 aliphatic carbocycles. The molecule has 2 bridgehead atoms. The molecule has 3 unspecified atom stereocenters. The minimum atomic E-state index is -0.579. The topological polar surface area (TPSA) is 70.7 Å². The molecule has 0 radical (unpaired) electrons. The van der Waals surface area contributed by atoms with Crippen LogP contribution in [-0.2, 0) is 9.59 Å². The SMILES string of the molecule is CC1CC(C(=O)NC23CC(C2)[C@@H](NC(=O)COc2ccc(Cl)c(F)c2)C3)C(C)N1C1CC1. The third kappa shape index (κ3) is 4.10. The predicted molar refractivity (Wildman–Crippen MR) is 119 cm³/mol. The second-order valence-electron chi connectivity index (χ2n) is 10.3. The van der Waals surface area contributed by atoms with E-state index in [4.69, 9.17) is 16.3 Å². The van der Waals surface area contributed by atoms with Crippen molar-refractivity contribution in [2.75, 3.05) is 6.61 Å². The zero-order valence-electron chi connectivity index (χ0n) is 18.6. The molecule has 1 aliphatic heterocycles. The van der Waals surface area contributed by atoms with Crippen LogP contribution in [0.1, 0.15) is 52.4 Å². The quantitative estimate of drug-likeness (QED) is 0.651. The molecule has 4 atom stereocenters. The maximum atomic E-state index is 13.5. The van der Waals surface area contributed by atoms with E-state index in [1.54, 1.807) is 0 Å². The van der Waals surface area contributed by atoms with Gasteiger partial charge >= 0.3 is 0 Å². The smallest absolute Gasteiger partial charge is 0.258 e. The van der Waals surface area contributed by atoms with Crippen molar-refractivity contribution in [2.45, 2.75) is 82.1 Å². The second kappa shape index (κ2) is 8.17. The highest BCUT2D eigenvalue weighted by molar-refractivity contribution is 6.30. The molecule has 8 heteroatoms. The lowest BCUT2D eigenvalue weighted by atomic mass is 9.76. The zero-order valence-corrected chi connectivity index (χ0v) is 19.3. The van der Waals surface area contributed by atoms with Gasteiger partial charge in [-0.15, -0.1) is 0 Å². The van der Waals surface area contributed by atoms with Crippen molar-refractivity contribution >= 4 is 23.4 Å². The van der Waals surface area contributed by atoms with Gasteiger partial charge in [0.1, 0.15) is 11.6 Å². The van der Waals surface area contributed by atoms with Crippen molar-refractivity contribution in [2.24, 2.45) is 11.8 Å². The molecule has 6 rings (SSSR count). The highest BCUT2D eigenvalue weighted by atomic mass is 35.5. The Hall–Kier alpha value is -1.86. The number of amides is 2. The minimum absolute atomic E-state index is 0.0154. The molecule has 4 saturated carbocycles. The molecule has 1 saturated heterocycles. The first-order chi connectivity index (χ1) is 15.2. The number of halogens is 2. The summed E-state index contributed by atoms with van der Waals surface area (Å²) in [7, 11) is 0. The summed E-state index contributed by atoms with van der Waals surface area (Å²) in [6, 6.07) is 5.56. The fraction of sp³-hybridized carbons (Fsp3) is 0.667. The maximum absolute atomic E-state index is 13.5. The lowest BCUT2D eigenvalue weighted by Gasteiger charge is -2.40. The fourth-order valence-corrected chi connectivity index (χ4v) is 6.43. The summed E-state index contributed by atoms with van der Waals surface area (Å²) in [6.07, 6.45) is 6.02. The van der Waals surface area contributed by atoms with E-state index in [0.29, 0.717) is 18.0 Å². The summed E-state index contributed by atoms with van der Waals surface area (Å²) < 4.78 is 18.9. The van der Waals surface area contributed by atoms with E-state index in [0.717, 1.165) is 25.7 Å². The van der Waals surface area contributed by atoms with Crippen molar-refractivity contribution in [1.82, 2.24) is 15.5 Å². The lowest BCUT2D eigenvalue weighted by Crippen LogP contribution is -2.54. The van der Waals surface area contributed by atoms with Crippen molar-refractivity contribution in [1.29, 1.82) is 0 Å². The Balaban J connectivity index is 1.10. The average Bonchev–Trinajstić information content (AvgIpc) is 3.33. The number of hydrogen-bond donors (Lipinski definition) is 2. The molecule has 32 heavy (non-hydrogen) atoms. The van der Waals surface area contributed by atoms with Gasteiger partial charge in [-0.2, -0.15) is 0 Å². The van der Waals surface area contributed by atoms with Gasteiger partial charge in [0.05, 0.1) is 10.9 Å². The molecule has 2 amide bonds. The van der Waals surface area contributed by atoms with Gasteiger partial charge in [-0.1, -0.05) is 11.6 Å². The van der Waals surface area contributed by atoms with Crippen LogP contribution < -0.4 is 15.4 Å². The summed E-state index contributed by atoms with van der Waals surface area (Å²) in [6.45, 7) is 4.25. The highest BCUT2D eigenvalue weighted by Gasteiger charge is 2.58. The number of hydrogen-bond acceptors (Lipinski definition) is 4. The van der Waals surface area contributed by atoms with Crippen LogP contribution >= 0.6 is 11.6 Å². The Kier molecular flexibility index (Phi) is 5.61. The number of carbonyl (C=O) groups is 2. The molecule has 6 nitrogen and oxygen atoms in total.